The fraction of sp³-hybridized carbons (Fsp3) is 0.375. The molecule has 0 N–H and O–H groups in total. The summed E-state index contributed by atoms with van der Waals surface area (Å²) in [6, 6.07) is 12.0. The van der Waals surface area contributed by atoms with Gasteiger partial charge in [-0.2, -0.15) is 0 Å². The first-order valence-electron chi connectivity index (χ1n) is 6.88. The molecule has 0 atom stereocenters. The monoisotopic (exact) mass is 270 g/mol. The molecule has 0 saturated carbocycles. The van der Waals surface area contributed by atoms with Crippen LogP contribution in [-0.2, 0) is 9.31 Å². The van der Waals surface area contributed by atoms with Crippen molar-refractivity contribution in [3.8, 4) is 11.3 Å². The second-order valence-electron chi connectivity index (χ2n) is 6.20. The normalized spacial score (nSPS) is 20.3. The minimum absolute atomic E-state index is 0.332. The number of benzene rings is 1. The molecule has 0 spiro atoms. The highest BCUT2D eigenvalue weighted by molar-refractivity contribution is 6.62. The van der Waals surface area contributed by atoms with Gasteiger partial charge in [-0.25, -0.2) is 0 Å². The van der Waals surface area contributed by atoms with E-state index in [9.17, 15) is 0 Å². The molecule has 1 saturated heterocycles. The van der Waals surface area contributed by atoms with E-state index in [0.717, 1.165) is 16.8 Å². The highest BCUT2D eigenvalue weighted by atomic mass is 16.7. The van der Waals surface area contributed by atoms with E-state index in [-0.39, 0.29) is 18.3 Å². The molecule has 0 bridgehead atoms. The van der Waals surface area contributed by atoms with Crippen molar-refractivity contribution < 1.29 is 13.7 Å². The van der Waals surface area contributed by atoms with Gasteiger partial charge in [0.15, 0.2) is 0 Å². The molecule has 104 valence electrons. The van der Waals surface area contributed by atoms with Crippen molar-refractivity contribution in [1.29, 1.82) is 0 Å². The average Bonchev–Trinajstić information content (AvgIpc) is 2.94. The summed E-state index contributed by atoms with van der Waals surface area (Å²) >= 11 is 0. The van der Waals surface area contributed by atoms with Gasteiger partial charge in [0.05, 0.1) is 17.5 Å². The van der Waals surface area contributed by atoms with Crippen LogP contribution in [0.25, 0.3) is 11.3 Å². The van der Waals surface area contributed by atoms with Gasteiger partial charge in [-0.05, 0) is 33.8 Å². The Morgan fingerprint density at radius 3 is 2.10 bits per heavy atom. The fourth-order valence-electron chi connectivity index (χ4n) is 2.21. The van der Waals surface area contributed by atoms with Gasteiger partial charge in [-0.1, -0.05) is 30.3 Å². The van der Waals surface area contributed by atoms with Crippen LogP contribution >= 0.6 is 0 Å². The van der Waals surface area contributed by atoms with Crippen molar-refractivity contribution in [2.24, 2.45) is 0 Å². The average molecular weight is 270 g/mol. The SMILES string of the molecule is CC1(C)OB(c2coc(-c3ccccc3)c2)OC1(C)C. The van der Waals surface area contributed by atoms with E-state index < -0.39 is 0 Å². The zero-order valence-electron chi connectivity index (χ0n) is 12.3. The number of hydrogen-bond donors (Lipinski definition) is 0. The predicted molar refractivity (Wildman–Crippen MR) is 79.9 cm³/mol. The molecule has 2 aromatic rings. The molecule has 2 heterocycles. The predicted octanol–water partition coefficient (Wildman–Crippen LogP) is 3.25. The molecule has 20 heavy (non-hydrogen) atoms. The highest BCUT2D eigenvalue weighted by Gasteiger charge is 2.52. The van der Waals surface area contributed by atoms with Crippen LogP contribution in [0, 0.1) is 0 Å². The minimum atomic E-state index is -0.374. The quantitative estimate of drug-likeness (QED) is 0.785. The Hall–Kier alpha value is -1.52. The maximum Gasteiger partial charge on any atom is 0.498 e. The number of rotatable bonds is 2. The van der Waals surface area contributed by atoms with Crippen molar-refractivity contribution in [3.05, 3.63) is 42.7 Å². The summed E-state index contributed by atoms with van der Waals surface area (Å²) in [7, 11) is -0.374. The van der Waals surface area contributed by atoms with Gasteiger partial charge < -0.3 is 13.7 Å². The van der Waals surface area contributed by atoms with Gasteiger partial charge in [0.25, 0.3) is 0 Å². The van der Waals surface area contributed by atoms with Crippen molar-refractivity contribution in [1.82, 2.24) is 0 Å². The Morgan fingerprint density at radius 1 is 0.900 bits per heavy atom. The van der Waals surface area contributed by atoms with Gasteiger partial charge in [0, 0.05) is 11.0 Å². The molecule has 1 aromatic carbocycles. The van der Waals surface area contributed by atoms with E-state index in [1.165, 1.54) is 0 Å². The van der Waals surface area contributed by atoms with Gasteiger partial charge in [-0.3, -0.25) is 0 Å². The minimum Gasteiger partial charge on any atom is -0.465 e. The first-order valence-corrected chi connectivity index (χ1v) is 6.88. The summed E-state index contributed by atoms with van der Waals surface area (Å²) < 4.78 is 17.7. The van der Waals surface area contributed by atoms with Crippen LogP contribution < -0.4 is 5.46 Å². The van der Waals surface area contributed by atoms with Crippen LogP contribution in [0.1, 0.15) is 27.7 Å². The van der Waals surface area contributed by atoms with Gasteiger partial charge in [0.1, 0.15) is 5.76 Å². The maximum absolute atomic E-state index is 6.02. The molecule has 0 amide bonds. The fourth-order valence-corrected chi connectivity index (χ4v) is 2.21. The van der Waals surface area contributed by atoms with Crippen LogP contribution in [0.3, 0.4) is 0 Å². The van der Waals surface area contributed by atoms with Crippen molar-refractivity contribution in [3.63, 3.8) is 0 Å². The third-order valence-corrected chi connectivity index (χ3v) is 4.20. The summed E-state index contributed by atoms with van der Waals surface area (Å²) in [6.45, 7) is 8.19. The third-order valence-electron chi connectivity index (χ3n) is 4.20. The second-order valence-corrected chi connectivity index (χ2v) is 6.20. The van der Waals surface area contributed by atoms with Gasteiger partial charge in [-0.15, -0.1) is 0 Å². The Morgan fingerprint density at radius 2 is 1.50 bits per heavy atom. The molecule has 3 rings (SSSR count). The summed E-state index contributed by atoms with van der Waals surface area (Å²) in [6.07, 6.45) is 1.71. The van der Waals surface area contributed by atoms with Gasteiger partial charge >= 0.3 is 7.12 Å². The van der Waals surface area contributed by atoms with Crippen LogP contribution in [-0.4, -0.2) is 18.3 Å². The topological polar surface area (TPSA) is 31.6 Å². The Bertz CT molecular complexity index is 585. The van der Waals surface area contributed by atoms with Crippen LogP contribution in [0.4, 0.5) is 0 Å². The van der Waals surface area contributed by atoms with Crippen LogP contribution in [0.2, 0.25) is 0 Å². The summed E-state index contributed by atoms with van der Waals surface area (Å²) in [5, 5.41) is 0. The number of furan rings is 1. The largest absolute Gasteiger partial charge is 0.498 e. The lowest BCUT2D eigenvalue weighted by molar-refractivity contribution is 0.00578. The molecule has 1 fully saturated rings. The summed E-state index contributed by atoms with van der Waals surface area (Å²) in [4.78, 5) is 0. The first kappa shape index (κ1) is 13.5. The van der Waals surface area contributed by atoms with Crippen LogP contribution in [0.15, 0.2) is 47.1 Å². The summed E-state index contributed by atoms with van der Waals surface area (Å²) in [5.74, 6) is 0.829. The van der Waals surface area contributed by atoms with Gasteiger partial charge in [0.2, 0.25) is 0 Å². The lowest BCUT2D eigenvalue weighted by Crippen LogP contribution is -2.41. The first-order chi connectivity index (χ1) is 9.39. The lowest BCUT2D eigenvalue weighted by Gasteiger charge is -2.32. The lowest BCUT2D eigenvalue weighted by atomic mass is 9.81. The molecule has 0 unspecified atom stereocenters. The molecule has 3 nitrogen and oxygen atoms in total. The molecule has 1 aromatic heterocycles. The number of hydrogen-bond acceptors (Lipinski definition) is 3. The van der Waals surface area contributed by atoms with Crippen LogP contribution in [0.5, 0.6) is 0 Å². The van der Waals surface area contributed by atoms with E-state index in [4.69, 9.17) is 13.7 Å². The Labute approximate surface area is 120 Å². The standard InChI is InChI=1S/C16H19BO3/c1-15(2)16(3,4)20-17(19-15)13-10-14(18-11-13)12-8-6-5-7-9-12/h5-11H,1-4H3. The van der Waals surface area contributed by atoms with Crippen molar-refractivity contribution in [2.45, 2.75) is 38.9 Å². The highest BCUT2D eigenvalue weighted by Crippen LogP contribution is 2.36. The van der Waals surface area contributed by atoms with E-state index in [1.807, 2.05) is 64.1 Å². The third kappa shape index (κ3) is 2.19. The van der Waals surface area contributed by atoms with E-state index in [1.54, 1.807) is 6.26 Å². The van der Waals surface area contributed by atoms with Crippen molar-refractivity contribution >= 4 is 12.6 Å². The maximum atomic E-state index is 6.02. The molecule has 4 heteroatoms. The van der Waals surface area contributed by atoms with E-state index >= 15 is 0 Å². The molecular formula is C16H19BO3. The zero-order chi connectivity index (χ0) is 14.4. The molecule has 0 aliphatic carbocycles. The zero-order valence-corrected chi connectivity index (χ0v) is 12.3. The molecular weight excluding hydrogens is 251 g/mol. The molecule has 1 aliphatic heterocycles. The molecule has 1 aliphatic rings. The Balaban J connectivity index is 1.86. The van der Waals surface area contributed by atoms with Crippen molar-refractivity contribution in [2.75, 3.05) is 0 Å². The van der Waals surface area contributed by atoms with E-state index in [0.29, 0.717) is 0 Å². The Kier molecular flexibility index (Phi) is 3.03. The molecule has 0 radical (unpaired) electrons. The van der Waals surface area contributed by atoms with E-state index in [2.05, 4.69) is 0 Å². The summed E-state index contributed by atoms with van der Waals surface area (Å²) in [5.41, 5.74) is 1.31. The second kappa shape index (κ2) is 4.50. The smallest absolute Gasteiger partial charge is 0.465 e.